The van der Waals surface area contributed by atoms with Gasteiger partial charge in [-0.25, -0.2) is 4.98 Å². The van der Waals surface area contributed by atoms with Crippen LogP contribution in [-0.2, 0) is 6.54 Å². The van der Waals surface area contributed by atoms with Gasteiger partial charge in [0.2, 0.25) is 5.88 Å². The van der Waals surface area contributed by atoms with Crippen LogP contribution in [-0.4, -0.2) is 37.6 Å². The molecule has 0 amide bonds. The van der Waals surface area contributed by atoms with Crippen molar-refractivity contribution in [2.24, 2.45) is 5.73 Å². The molecule has 2 unspecified atom stereocenters. The van der Waals surface area contributed by atoms with Crippen LogP contribution in [0.15, 0.2) is 97.1 Å². The number of fused-ring (bicyclic) bond motifs is 2. The summed E-state index contributed by atoms with van der Waals surface area (Å²) >= 11 is 0. The van der Waals surface area contributed by atoms with Crippen LogP contribution in [0.2, 0.25) is 0 Å². The van der Waals surface area contributed by atoms with E-state index in [1.54, 1.807) is 7.11 Å². The Balaban J connectivity index is 1.78. The number of hydrogen-bond donors (Lipinski definition) is 1. The molecule has 2 atom stereocenters. The highest BCUT2D eigenvalue weighted by atomic mass is 16.5. The molecule has 1 aromatic heterocycles. The Labute approximate surface area is 219 Å². The number of nitrogens with zero attached hydrogens (tertiary/aromatic N) is 2. The van der Waals surface area contributed by atoms with E-state index in [4.69, 9.17) is 15.5 Å². The predicted octanol–water partition coefficient (Wildman–Crippen LogP) is 6.72. The standard InChI is InChI=1S/C33H35N3O/c1-36(2)19-18-29(28-15-9-13-24-10-7-8-14-27(24)28)32(25-11-5-4-6-12-25)30-21-26-20-23(22-34)16-17-31(26)35-33(30)37-3/h4-17,20-21,29,32H,18-19,22,34H2,1-3H3. The second kappa shape index (κ2) is 11.1. The Hall–Kier alpha value is -3.73. The normalized spacial score (nSPS) is 13.2. The van der Waals surface area contributed by atoms with E-state index >= 15 is 0 Å². The summed E-state index contributed by atoms with van der Waals surface area (Å²) < 4.78 is 5.97. The molecule has 0 fully saturated rings. The van der Waals surface area contributed by atoms with Gasteiger partial charge >= 0.3 is 0 Å². The van der Waals surface area contributed by atoms with E-state index in [2.05, 4.69) is 104 Å². The van der Waals surface area contributed by atoms with Gasteiger partial charge in [0.15, 0.2) is 0 Å². The summed E-state index contributed by atoms with van der Waals surface area (Å²) in [4.78, 5) is 7.24. The molecule has 0 aliphatic rings. The van der Waals surface area contributed by atoms with Gasteiger partial charge in [0.25, 0.3) is 0 Å². The van der Waals surface area contributed by atoms with Crippen LogP contribution < -0.4 is 10.5 Å². The Bertz CT molecular complexity index is 1490. The minimum Gasteiger partial charge on any atom is -0.481 e. The zero-order valence-electron chi connectivity index (χ0n) is 21.9. The smallest absolute Gasteiger partial charge is 0.217 e. The number of hydrogen-bond acceptors (Lipinski definition) is 4. The first-order chi connectivity index (χ1) is 18.1. The zero-order chi connectivity index (χ0) is 25.8. The molecular weight excluding hydrogens is 454 g/mol. The number of methoxy groups -OCH3 is 1. The number of rotatable bonds is 9. The second-order valence-electron chi connectivity index (χ2n) is 9.97. The van der Waals surface area contributed by atoms with Crippen molar-refractivity contribution in [1.82, 2.24) is 9.88 Å². The molecule has 5 rings (SSSR count). The third kappa shape index (κ3) is 5.22. The number of pyridine rings is 1. The Kier molecular flexibility index (Phi) is 7.50. The predicted molar refractivity (Wildman–Crippen MR) is 154 cm³/mol. The van der Waals surface area contributed by atoms with Gasteiger partial charge in [-0.2, -0.15) is 0 Å². The summed E-state index contributed by atoms with van der Waals surface area (Å²) in [5.41, 5.74) is 11.7. The molecule has 0 aliphatic carbocycles. The maximum Gasteiger partial charge on any atom is 0.217 e. The molecule has 0 aliphatic heterocycles. The quantitative estimate of drug-likeness (QED) is 0.250. The number of aromatic nitrogens is 1. The lowest BCUT2D eigenvalue weighted by atomic mass is 9.74. The van der Waals surface area contributed by atoms with Gasteiger partial charge in [0, 0.05) is 23.4 Å². The Morgan fingerprint density at radius 1 is 0.811 bits per heavy atom. The van der Waals surface area contributed by atoms with Crippen LogP contribution >= 0.6 is 0 Å². The molecule has 4 nitrogen and oxygen atoms in total. The first kappa shape index (κ1) is 24.9. The molecule has 0 spiro atoms. The molecule has 1 heterocycles. The first-order valence-corrected chi connectivity index (χ1v) is 12.9. The summed E-state index contributed by atoms with van der Waals surface area (Å²) in [5, 5.41) is 3.65. The fourth-order valence-electron chi connectivity index (χ4n) is 5.50. The van der Waals surface area contributed by atoms with Crippen molar-refractivity contribution in [3.63, 3.8) is 0 Å². The lowest BCUT2D eigenvalue weighted by molar-refractivity contribution is 0.363. The molecule has 188 valence electrons. The van der Waals surface area contributed by atoms with E-state index < -0.39 is 0 Å². The van der Waals surface area contributed by atoms with Crippen LogP contribution in [0.25, 0.3) is 21.7 Å². The number of nitrogens with two attached hydrogens (primary N) is 1. The fraction of sp³-hybridized carbons (Fsp3) is 0.242. The van der Waals surface area contributed by atoms with Crippen LogP contribution in [0.3, 0.4) is 0 Å². The Morgan fingerprint density at radius 3 is 2.32 bits per heavy atom. The molecule has 0 radical (unpaired) electrons. The van der Waals surface area contributed by atoms with Crippen LogP contribution in [0.1, 0.15) is 40.5 Å². The largest absolute Gasteiger partial charge is 0.481 e. The summed E-state index contributed by atoms with van der Waals surface area (Å²) in [6.45, 7) is 1.47. The van der Waals surface area contributed by atoms with Crippen molar-refractivity contribution in [3.8, 4) is 5.88 Å². The van der Waals surface area contributed by atoms with E-state index in [-0.39, 0.29) is 11.8 Å². The Morgan fingerprint density at radius 2 is 1.57 bits per heavy atom. The number of ether oxygens (including phenoxy) is 1. The summed E-state index contributed by atoms with van der Waals surface area (Å²) in [5.74, 6) is 0.944. The van der Waals surface area contributed by atoms with E-state index in [0.29, 0.717) is 12.4 Å². The van der Waals surface area contributed by atoms with Gasteiger partial charge < -0.3 is 15.4 Å². The summed E-state index contributed by atoms with van der Waals surface area (Å²) in [7, 11) is 6.01. The van der Waals surface area contributed by atoms with E-state index in [1.807, 2.05) is 12.1 Å². The maximum atomic E-state index is 5.98. The maximum absolute atomic E-state index is 5.98. The monoisotopic (exact) mass is 489 g/mol. The van der Waals surface area contributed by atoms with Crippen molar-refractivity contribution >= 4 is 21.7 Å². The van der Waals surface area contributed by atoms with Crippen molar-refractivity contribution in [1.29, 1.82) is 0 Å². The SMILES string of the molecule is COc1nc2ccc(CN)cc2cc1C(c1ccccc1)C(CCN(C)C)c1cccc2ccccc12. The lowest BCUT2D eigenvalue weighted by Gasteiger charge is -2.31. The van der Waals surface area contributed by atoms with Crippen molar-refractivity contribution in [2.45, 2.75) is 24.8 Å². The average molecular weight is 490 g/mol. The van der Waals surface area contributed by atoms with Crippen molar-refractivity contribution < 1.29 is 4.74 Å². The minimum atomic E-state index is 0.0559. The summed E-state index contributed by atoms with van der Waals surface area (Å²) in [6, 6.07) is 34.7. The molecular formula is C33H35N3O. The van der Waals surface area contributed by atoms with Gasteiger partial charge in [-0.1, -0.05) is 78.9 Å². The molecule has 37 heavy (non-hydrogen) atoms. The molecule has 4 heteroatoms. The number of benzene rings is 4. The summed E-state index contributed by atoms with van der Waals surface area (Å²) in [6.07, 6.45) is 0.991. The van der Waals surface area contributed by atoms with Crippen molar-refractivity contribution in [2.75, 3.05) is 27.7 Å². The third-order valence-corrected chi connectivity index (χ3v) is 7.31. The van der Waals surface area contributed by atoms with E-state index in [0.717, 1.165) is 35.0 Å². The van der Waals surface area contributed by atoms with Gasteiger partial charge in [0.1, 0.15) is 0 Å². The average Bonchev–Trinajstić information content (AvgIpc) is 2.94. The molecule has 0 bridgehead atoms. The van der Waals surface area contributed by atoms with Crippen LogP contribution in [0.5, 0.6) is 5.88 Å². The highest BCUT2D eigenvalue weighted by Gasteiger charge is 2.31. The molecule has 5 aromatic rings. The van der Waals surface area contributed by atoms with Gasteiger partial charge in [0.05, 0.1) is 12.6 Å². The van der Waals surface area contributed by atoms with Gasteiger partial charge in [-0.15, -0.1) is 0 Å². The minimum absolute atomic E-state index is 0.0559. The molecule has 0 saturated carbocycles. The lowest BCUT2D eigenvalue weighted by Crippen LogP contribution is -2.21. The van der Waals surface area contributed by atoms with Crippen LogP contribution in [0, 0.1) is 0 Å². The third-order valence-electron chi connectivity index (χ3n) is 7.31. The molecule has 2 N–H and O–H groups in total. The zero-order valence-corrected chi connectivity index (χ0v) is 21.9. The van der Waals surface area contributed by atoms with E-state index in [1.165, 1.54) is 21.9 Å². The molecule has 4 aromatic carbocycles. The topological polar surface area (TPSA) is 51.4 Å². The highest BCUT2D eigenvalue weighted by molar-refractivity contribution is 5.86. The van der Waals surface area contributed by atoms with E-state index in [9.17, 15) is 0 Å². The molecule has 0 saturated heterocycles. The second-order valence-corrected chi connectivity index (χ2v) is 9.97. The van der Waals surface area contributed by atoms with Crippen molar-refractivity contribution in [3.05, 3.63) is 119 Å². The van der Waals surface area contributed by atoms with Crippen LogP contribution in [0.4, 0.5) is 0 Å². The van der Waals surface area contributed by atoms with Gasteiger partial charge in [-0.05, 0) is 78.6 Å². The fourth-order valence-corrected chi connectivity index (χ4v) is 5.50. The highest BCUT2D eigenvalue weighted by Crippen LogP contribution is 2.46. The van der Waals surface area contributed by atoms with Gasteiger partial charge in [-0.3, -0.25) is 0 Å². The first-order valence-electron chi connectivity index (χ1n) is 12.9.